The zero-order valence-corrected chi connectivity index (χ0v) is 11.6. The van der Waals surface area contributed by atoms with Crippen molar-refractivity contribution >= 4 is 0 Å². The maximum Gasteiger partial charge on any atom is 0.123 e. The van der Waals surface area contributed by atoms with Gasteiger partial charge in [-0.25, -0.2) is 0 Å². The Kier molecular flexibility index (Phi) is 6.25. The monoisotopic (exact) mass is 242 g/mol. The van der Waals surface area contributed by atoms with Gasteiger partial charge >= 0.3 is 0 Å². The summed E-state index contributed by atoms with van der Waals surface area (Å²) >= 11 is 0. The molecule has 96 valence electrons. The third-order valence-electron chi connectivity index (χ3n) is 2.44. The van der Waals surface area contributed by atoms with Gasteiger partial charge in [0.05, 0.1) is 6.61 Å². The molecule has 0 bridgehead atoms. The van der Waals surface area contributed by atoms with E-state index in [-0.39, 0.29) is 0 Å². The quantitative estimate of drug-likeness (QED) is 0.555. The van der Waals surface area contributed by atoms with E-state index in [0.717, 1.165) is 12.0 Å². The van der Waals surface area contributed by atoms with Crippen molar-refractivity contribution in [2.75, 3.05) is 6.61 Å². The van der Waals surface area contributed by atoms with Gasteiger partial charge in [0, 0.05) is 5.56 Å². The minimum absolute atomic E-state index is 0.410. The molecular weight excluding hydrogens is 220 g/mol. The van der Waals surface area contributed by atoms with E-state index in [0.29, 0.717) is 6.61 Å². The molecule has 0 aromatic heterocycles. The lowest BCUT2D eigenvalue weighted by Gasteiger charge is -2.17. The lowest BCUT2D eigenvalue weighted by molar-refractivity contribution is 0.0468. The number of hydrogen-bond acceptors (Lipinski definition) is 1. The number of allylic oxidation sites excluding steroid dienone is 1. The van der Waals surface area contributed by atoms with Crippen LogP contribution in [-0.4, -0.2) is 12.2 Å². The van der Waals surface area contributed by atoms with Crippen molar-refractivity contribution in [1.82, 2.24) is 0 Å². The highest BCUT2D eigenvalue weighted by Crippen LogP contribution is 2.08. The molecule has 1 nitrogen and oxygen atoms in total. The fraction of sp³-hybridized carbons (Fsp3) is 0.412. The fourth-order valence-corrected chi connectivity index (χ4v) is 1.39. The molecule has 18 heavy (non-hydrogen) atoms. The molecule has 0 atom stereocenters. The van der Waals surface area contributed by atoms with Crippen molar-refractivity contribution in [2.45, 2.75) is 39.2 Å². The van der Waals surface area contributed by atoms with E-state index in [4.69, 9.17) is 4.74 Å². The molecule has 1 aromatic rings. The van der Waals surface area contributed by atoms with E-state index < -0.39 is 5.60 Å². The lowest BCUT2D eigenvalue weighted by Crippen LogP contribution is -2.22. The van der Waals surface area contributed by atoms with Gasteiger partial charge in [0.1, 0.15) is 5.60 Å². The number of benzene rings is 1. The van der Waals surface area contributed by atoms with Gasteiger partial charge in [0.2, 0.25) is 0 Å². The van der Waals surface area contributed by atoms with Crippen LogP contribution in [0.1, 0.15) is 39.2 Å². The summed E-state index contributed by atoms with van der Waals surface area (Å²) in [6, 6.07) is 9.98. The molecule has 0 amide bonds. The third-order valence-corrected chi connectivity index (χ3v) is 2.44. The molecule has 0 fully saturated rings. The zero-order chi connectivity index (χ0) is 13.3. The van der Waals surface area contributed by atoms with Crippen molar-refractivity contribution in [2.24, 2.45) is 0 Å². The average molecular weight is 242 g/mol. The molecule has 0 aliphatic heterocycles. The Morgan fingerprint density at radius 3 is 2.56 bits per heavy atom. The summed E-state index contributed by atoms with van der Waals surface area (Å²) in [5.41, 5.74) is 0.613. The van der Waals surface area contributed by atoms with Crippen LogP contribution in [0.3, 0.4) is 0 Å². The maximum absolute atomic E-state index is 5.74. The highest BCUT2D eigenvalue weighted by Gasteiger charge is 2.12. The third kappa shape index (κ3) is 6.27. The van der Waals surface area contributed by atoms with Crippen molar-refractivity contribution < 1.29 is 4.74 Å². The molecule has 0 saturated carbocycles. The Hall–Kier alpha value is -1.52. The van der Waals surface area contributed by atoms with Crippen LogP contribution in [0.15, 0.2) is 42.5 Å². The summed E-state index contributed by atoms with van der Waals surface area (Å²) in [6.45, 7) is 6.78. The van der Waals surface area contributed by atoms with Crippen LogP contribution in [0.4, 0.5) is 0 Å². The predicted molar refractivity (Wildman–Crippen MR) is 77.4 cm³/mol. The summed E-state index contributed by atoms with van der Waals surface area (Å²) in [6.07, 6.45) is 6.50. The Labute approximate surface area is 111 Å². The van der Waals surface area contributed by atoms with E-state index in [1.165, 1.54) is 6.42 Å². The average Bonchev–Trinajstić information content (AvgIpc) is 2.38. The second kappa shape index (κ2) is 7.74. The van der Waals surface area contributed by atoms with Crippen LogP contribution in [0.25, 0.3) is 0 Å². The fourth-order valence-electron chi connectivity index (χ4n) is 1.39. The Balaban J connectivity index is 2.47. The molecule has 0 aliphatic rings. The normalized spacial score (nSPS) is 11.3. The van der Waals surface area contributed by atoms with Gasteiger partial charge in [0.15, 0.2) is 0 Å². The predicted octanol–water partition coefficient (Wildman–Crippen LogP) is 4.19. The van der Waals surface area contributed by atoms with E-state index in [1.54, 1.807) is 0 Å². The van der Waals surface area contributed by atoms with E-state index in [2.05, 4.69) is 30.9 Å². The minimum Gasteiger partial charge on any atom is -0.359 e. The molecule has 0 aliphatic carbocycles. The second-order valence-electron chi connectivity index (χ2n) is 4.70. The van der Waals surface area contributed by atoms with Gasteiger partial charge in [-0.3, -0.25) is 0 Å². The molecule has 1 aromatic carbocycles. The second-order valence-corrected chi connectivity index (χ2v) is 4.70. The lowest BCUT2D eigenvalue weighted by atomic mass is 10.1. The maximum atomic E-state index is 5.74. The minimum atomic E-state index is -0.410. The van der Waals surface area contributed by atoms with Crippen molar-refractivity contribution in [3.05, 3.63) is 48.0 Å². The molecule has 1 heteroatoms. The summed E-state index contributed by atoms with van der Waals surface area (Å²) in [4.78, 5) is 0. The Morgan fingerprint density at radius 1 is 1.17 bits per heavy atom. The van der Waals surface area contributed by atoms with E-state index >= 15 is 0 Å². The molecule has 0 heterocycles. The number of unbranched alkanes of at least 4 members (excludes halogenated alkanes) is 1. The zero-order valence-electron chi connectivity index (χ0n) is 11.6. The summed E-state index contributed by atoms with van der Waals surface area (Å²) < 4.78 is 5.74. The first-order valence-corrected chi connectivity index (χ1v) is 6.51. The Bertz CT molecular complexity index is 418. The van der Waals surface area contributed by atoms with Crippen LogP contribution >= 0.6 is 0 Å². The van der Waals surface area contributed by atoms with E-state index in [1.807, 2.05) is 44.2 Å². The molecule has 0 saturated heterocycles. The van der Waals surface area contributed by atoms with Gasteiger partial charge in [0.25, 0.3) is 0 Å². The van der Waals surface area contributed by atoms with Crippen LogP contribution in [0.5, 0.6) is 0 Å². The van der Waals surface area contributed by atoms with Crippen LogP contribution in [-0.2, 0) is 4.74 Å². The summed E-state index contributed by atoms with van der Waals surface area (Å²) in [5.74, 6) is 6.30. The number of rotatable bonds is 5. The SMILES string of the molecule is CCC/C=C/COC(C)(C)C#Cc1ccccc1. The first-order valence-electron chi connectivity index (χ1n) is 6.51. The largest absolute Gasteiger partial charge is 0.359 e. The molecule has 0 N–H and O–H groups in total. The highest BCUT2D eigenvalue weighted by molar-refractivity contribution is 5.35. The molecule has 0 radical (unpaired) electrons. The van der Waals surface area contributed by atoms with Gasteiger partial charge in [-0.2, -0.15) is 0 Å². The van der Waals surface area contributed by atoms with Crippen LogP contribution in [0.2, 0.25) is 0 Å². The summed E-state index contributed by atoms with van der Waals surface area (Å²) in [5, 5.41) is 0. The van der Waals surface area contributed by atoms with Gasteiger partial charge in [-0.05, 0) is 32.4 Å². The first-order chi connectivity index (χ1) is 8.64. The van der Waals surface area contributed by atoms with Gasteiger partial charge in [-0.1, -0.05) is 55.5 Å². The number of ether oxygens (including phenoxy) is 1. The van der Waals surface area contributed by atoms with Crippen molar-refractivity contribution in [1.29, 1.82) is 0 Å². The topological polar surface area (TPSA) is 9.23 Å². The Morgan fingerprint density at radius 2 is 1.89 bits per heavy atom. The molecule has 0 unspecified atom stereocenters. The van der Waals surface area contributed by atoms with Crippen LogP contribution < -0.4 is 0 Å². The molecule has 1 rings (SSSR count). The standard InChI is InChI=1S/C17H22O/c1-4-5-6-10-15-18-17(2,3)14-13-16-11-8-7-9-12-16/h6-12H,4-5,15H2,1-3H3/b10-6+. The van der Waals surface area contributed by atoms with Crippen molar-refractivity contribution in [3.63, 3.8) is 0 Å². The smallest absolute Gasteiger partial charge is 0.123 e. The highest BCUT2D eigenvalue weighted by atomic mass is 16.5. The summed E-state index contributed by atoms with van der Waals surface area (Å²) in [7, 11) is 0. The molecule has 0 spiro atoms. The van der Waals surface area contributed by atoms with Crippen LogP contribution in [0, 0.1) is 11.8 Å². The van der Waals surface area contributed by atoms with Gasteiger partial charge in [-0.15, -0.1) is 0 Å². The van der Waals surface area contributed by atoms with E-state index in [9.17, 15) is 0 Å². The van der Waals surface area contributed by atoms with Crippen molar-refractivity contribution in [3.8, 4) is 11.8 Å². The first kappa shape index (κ1) is 14.5. The van der Waals surface area contributed by atoms with Gasteiger partial charge < -0.3 is 4.74 Å². The number of hydrogen-bond donors (Lipinski definition) is 0. The molecular formula is C17H22O.